The van der Waals surface area contributed by atoms with Gasteiger partial charge in [-0.15, -0.1) is 0 Å². The highest BCUT2D eigenvalue weighted by atomic mass is 32.2. The number of hydrogen-bond donors (Lipinski definition) is 0. The number of sulfonamides is 1. The van der Waals surface area contributed by atoms with Crippen molar-refractivity contribution in [3.05, 3.63) is 23.8 Å². The summed E-state index contributed by atoms with van der Waals surface area (Å²) < 4.78 is 35.9. The first kappa shape index (κ1) is 18.5. The number of carbonyl (C=O) groups is 1. The molecule has 0 unspecified atom stereocenters. The molecule has 0 spiro atoms. The first-order valence-corrected chi connectivity index (χ1v) is 11.1. The molecule has 3 aliphatic rings. The maximum atomic E-state index is 12.6. The summed E-state index contributed by atoms with van der Waals surface area (Å²) in [4.78, 5) is 16.6. The van der Waals surface area contributed by atoms with E-state index in [0.717, 1.165) is 49.5 Å². The van der Waals surface area contributed by atoms with E-state index in [4.69, 9.17) is 9.47 Å². The summed E-state index contributed by atoms with van der Waals surface area (Å²) >= 11 is 0. The number of rotatable bonds is 6. The molecule has 0 atom stereocenters. The van der Waals surface area contributed by atoms with Crippen LogP contribution in [0.25, 0.3) is 0 Å². The lowest BCUT2D eigenvalue weighted by Gasteiger charge is -2.35. The van der Waals surface area contributed by atoms with Crippen molar-refractivity contribution >= 4 is 15.9 Å². The zero-order chi connectivity index (χ0) is 19.0. The maximum Gasteiger partial charge on any atom is 0.237 e. The molecular formula is C18H25N3O5S. The fraction of sp³-hybridized carbons (Fsp3) is 0.611. The van der Waals surface area contributed by atoms with E-state index >= 15 is 0 Å². The monoisotopic (exact) mass is 395 g/mol. The van der Waals surface area contributed by atoms with Crippen molar-refractivity contribution in [3.63, 3.8) is 0 Å². The summed E-state index contributed by atoms with van der Waals surface area (Å²) in [5.41, 5.74) is 1.15. The Labute approximate surface area is 159 Å². The summed E-state index contributed by atoms with van der Waals surface area (Å²) in [7, 11) is -3.34. The van der Waals surface area contributed by atoms with Crippen LogP contribution in [0.1, 0.15) is 18.4 Å². The van der Waals surface area contributed by atoms with Gasteiger partial charge in [0.15, 0.2) is 11.5 Å². The van der Waals surface area contributed by atoms with Crippen LogP contribution in [0.15, 0.2) is 18.2 Å². The molecule has 2 fully saturated rings. The smallest absolute Gasteiger partial charge is 0.237 e. The summed E-state index contributed by atoms with van der Waals surface area (Å²) in [5, 5.41) is 0. The predicted octanol–water partition coefficient (Wildman–Crippen LogP) is 0.484. The molecule has 1 aromatic rings. The summed E-state index contributed by atoms with van der Waals surface area (Å²) in [6.07, 6.45) is 2.88. The number of fused-ring (bicyclic) bond motifs is 1. The lowest BCUT2D eigenvalue weighted by Crippen LogP contribution is -2.51. The van der Waals surface area contributed by atoms with Gasteiger partial charge in [0.2, 0.25) is 22.7 Å². The Hall–Kier alpha value is -1.84. The molecule has 1 aliphatic carbocycles. The molecule has 1 saturated carbocycles. The fourth-order valence-corrected chi connectivity index (χ4v) is 4.66. The van der Waals surface area contributed by atoms with Crippen LogP contribution >= 0.6 is 0 Å². The Bertz CT molecular complexity index is 816. The van der Waals surface area contributed by atoms with Crippen molar-refractivity contribution in [2.45, 2.75) is 25.4 Å². The molecule has 4 rings (SSSR count). The molecule has 1 aromatic carbocycles. The van der Waals surface area contributed by atoms with E-state index in [0.29, 0.717) is 13.1 Å². The zero-order valence-corrected chi connectivity index (χ0v) is 16.3. The molecule has 27 heavy (non-hydrogen) atoms. The minimum atomic E-state index is -3.34. The van der Waals surface area contributed by atoms with Crippen molar-refractivity contribution < 1.29 is 22.7 Å². The molecular weight excluding hydrogens is 370 g/mol. The molecule has 1 amide bonds. The van der Waals surface area contributed by atoms with Gasteiger partial charge in [0, 0.05) is 38.8 Å². The summed E-state index contributed by atoms with van der Waals surface area (Å²) in [6.45, 7) is 3.79. The number of piperazine rings is 1. The second kappa shape index (κ2) is 7.29. The molecule has 2 aliphatic heterocycles. The predicted molar refractivity (Wildman–Crippen MR) is 99.0 cm³/mol. The van der Waals surface area contributed by atoms with Gasteiger partial charge in [-0.2, -0.15) is 4.31 Å². The Morgan fingerprint density at radius 1 is 1.15 bits per heavy atom. The normalized spacial score (nSPS) is 20.3. The second-order valence-electron chi connectivity index (χ2n) is 7.38. The van der Waals surface area contributed by atoms with E-state index in [1.165, 1.54) is 10.6 Å². The van der Waals surface area contributed by atoms with Crippen LogP contribution in [0, 0.1) is 0 Å². The molecule has 0 radical (unpaired) electrons. The first-order valence-electron chi connectivity index (χ1n) is 9.25. The van der Waals surface area contributed by atoms with Gasteiger partial charge in [0.25, 0.3) is 0 Å². The van der Waals surface area contributed by atoms with Gasteiger partial charge >= 0.3 is 0 Å². The number of ether oxygens (including phenoxy) is 2. The van der Waals surface area contributed by atoms with Gasteiger partial charge in [-0.05, 0) is 30.5 Å². The molecule has 0 bridgehead atoms. The number of hydrogen-bond acceptors (Lipinski definition) is 6. The van der Waals surface area contributed by atoms with E-state index in [1.54, 1.807) is 4.90 Å². The summed E-state index contributed by atoms with van der Waals surface area (Å²) in [6, 6.07) is 5.97. The second-order valence-corrected chi connectivity index (χ2v) is 9.32. The fourth-order valence-electron chi connectivity index (χ4n) is 3.57. The first-order chi connectivity index (χ1) is 12.9. The minimum Gasteiger partial charge on any atom is -0.454 e. The largest absolute Gasteiger partial charge is 0.454 e. The minimum absolute atomic E-state index is 0.0104. The average Bonchev–Trinajstić information content (AvgIpc) is 3.35. The number of carbonyl (C=O) groups excluding carboxylic acids is 1. The van der Waals surface area contributed by atoms with Crippen LogP contribution in [0.3, 0.4) is 0 Å². The van der Waals surface area contributed by atoms with Crippen molar-refractivity contribution in [1.82, 2.24) is 14.1 Å². The molecule has 0 aromatic heterocycles. The number of amides is 1. The molecule has 0 N–H and O–H groups in total. The average molecular weight is 395 g/mol. The van der Waals surface area contributed by atoms with Crippen LogP contribution in [-0.4, -0.2) is 80.2 Å². The van der Waals surface area contributed by atoms with Crippen LogP contribution in [0.5, 0.6) is 11.5 Å². The topological polar surface area (TPSA) is 79.4 Å². The van der Waals surface area contributed by atoms with Crippen molar-refractivity contribution in [1.29, 1.82) is 0 Å². The van der Waals surface area contributed by atoms with Crippen molar-refractivity contribution in [3.8, 4) is 11.5 Å². The van der Waals surface area contributed by atoms with Gasteiger partial charge in [-0.1, -0.05) is 6.07 Å². The molecule has 1 saturated heterocycles. The van der Waals surface area contributed by atoms with Crippen molar-refractivity contribution in [2.24, 2.45) is 0 Å². The zero-order valence-electron chi connectivity index (χ0n) is 15.5. The van der Waals surface area contributed by atoms with E-state index in [9.17, 15) is 13.2 Å². The Kier molecular flexibility index (Phi) is 5.00. The van der Waals surface area contributed by atoms with Crippen LogP contribution in [-0.2, 0) is 21.4 Å². The third-order valence-corrected chi connectivity index (χ3v) is 6.52. The molecule has 148 valence electrons. The number of benzene rings is 1. The maximum absolute atomic E-state index is 12.6. The van der Waals surface area contributed by atoms with E-state index in [-0.39, 0.29) is 25.3 Å². The highest BCUT2D eigenvalue weighted by molar-refractivity contribution is 7.88. The van der Waals surface area contributed by atoms with Gasteiger partial charge in [0.1, 0.15) is 0 Å². The lowest BCUT2D eigenvalue weighted by atomic mass is 10.1. The Balaban J connectivity index is 1.29. The van der Waals surface area contributed by atoms with Crippen LogP contribution in [0.2, 0.25) is 0 Å². The van der Waals surface area contributed by atoms with Crippen molar-refractivity contribution in [2.75, 3.05) is 45.8 Å². The third-order valence-electron chi connectivity index (χ3n) is 5.24. The lowest BCUT2D eigenvalue weighted by molar-refractivity contribution is -0.133. The van der Waals surface area contributed by atoms with E-state index in [2.05, 4.69) is 4.90 Å². The quantitative estimate of drug-likeness (QED) is 0.697. The van der Waals surface area contributed by atoms with Crippen LogP contribution < -0.4 is 9.47 Å². The Morgan fingerprint density at radius 2 is 1.85 bits per heavy atom. The molecule has 9 heteroatoms. The Morgan fingerprint density at radius 3 is 2.52 bits per heavy atom. The van der Waals surface area contributed by atoms with Gasteiger partial charge in [0.05, 0.1) is 12.8 Å². The highest BCUT2D eigenvalue weighted by Gasteiger charge is 2.37. The highest BCUT2D eigenvalue weighted by Crippen LogP contribution is 2.33. The van der Waals surface area contributed by atoms with Gasteiger partial charge in [-0.3, -0.25) is 9.69 Å². The number of nitrogens with zero attached hydrogens (tertiary/aromatic N) is 3. The van der Waals surface area contributed by atoms with E-state index in [1.807, 2.05) is 18.2 Å². The molecule has 8 nitrogen and oxygen atoms in total. The van der Waals surface area contributed by atoms with E-state index < -0.39 is 10.0 Å². The van der Waals surface area contributed by atoms with Gasteiger partial charge in [-0.25, -0.2) is 8.42 Å². The third kappa shape index (κ3) is 4.36. The SMILES string of the molecule is CS(=O)(=O)N(CC(=O)N1CCN(Cc2ccc3c(c2)OCO3)CC1)C1CC1. The van der Waals surface area contributed by atoms with Gasteiger partial charge < -0.3 is 14.4 Å². The summed E-state index contributed by atoms with van der Waals surface area (Å²) in [5.74, 6) is 1.46. The molecule has 2 heterocycles. The standard InChI is InChI=1S/C18H25N3O5S/c1-27(23,24)21(15-3-4-15)12-18(22)20-8-6-19(7-9-20)11-14-2-5-16-17(10-14)26-13-25-16/h2,5,10,15H,3-4,6-9,11-13H2,1H3. The van der Waals surface area contributed by atoms with Crippen LogP contribution in [0.4, 0.5) is 0 Å².